The van der Waals surface area contributed by atoms with Gasteiger partial charge in [0.25, 0.3) is 5.91 Å². The first-order valence-electron chi connectivity index (χ1n) is 7.88. The van der Waals surface area contributed by atoms with Gasteiger partial charge in [0.05, 0.1) is 19.2 Å². The van der Waals surface area contributed by atoms with E-state index in [1.54, 1.807) is 37.4 Å². The Bertz CT molecular complexity index is 676. The maximum absolute atomic E-state index is 12.7. The van der Waals surface area contributed by atoms with E-state index < -0.39 is 0 Å². The molecule has 6 nitrogen and oxygen atoms in total. The van der Waals surface area contributed by atoms with Crippen LogP contribution in [-0.2, 0) is 0 Å². The second-order valence-corrected chi connectivity index (χ2v) is 5.06. The van der Waals surface area contributed by atoms with Gasteiger partial charge in [-0.25, -0.2) is 4.98 Å². The van der Waals surface area contributed by atoms with Crippen LogP contribution in [-0.4, -0.2) is 49.6 Å². The molecule has 0 radical (unpaired) electrons. The Morgan fingerprint density at radius 2 is 2.04 bits per heavy atom. The molecule has 0 aliphatic heterocycles. The Kier molecular flexibility index (Phi) is 6.42. The SMILES string of the molecule is CCN(CCOc1cccc(OC)c1)C(=O)c1cccnc1NC. The topological polar surface area (TPSA) is 63.7 Å². The number of carbonyl (C=O) groups excluding carboxylic acids is 1. The summed E-state index contributed by atoms with van der Waals surface area (Å²) < 4.78 is 10.9. The highest BCUT2D eigenvalue weighted by molar-refractivity contribution is 5.98. The number of nitrogens with zero attached hydrogens (tertiary/aromatic N) is 2. The largest absolute Gasteiger partial charge is 0.497 e. The van der Waals surface area contributed by atoms with E-state index in [9.17, 15) is 4.79 Å². The minimum Gasteiger partial charge on any atom is -0.497 e. The van der Waals surface area contributed by atoms with Gasteiger partial charge >= 0.3 is 0 Å². The molecule has 0 aliphatic carbocycles. The Hall–Kier alpha value is -2.76. The van der Waals surface area contributed by atoms with Crippen LogP contribution >= 0.6 is 0 Å². The van der Waals surface area contributed by atoms with Gasteiger partial charge in [0, 0.05) is 25.9 Å². The maximum atomic E-state index is 12.7. The Balaban J connectivity index is 1.97. The zero-order chi connectivity index (χ0) is 17.4. The molecule has 128 valence electrons. The zero-order valence-corrected chi connectivity index (χ0v) is 14.3. The fourth-order valence-corrected chi connectivity index (χ4v) is 2.32. The summed E-state index contributed by atoms with van der Waals surface area (Å²) in [7, 11) is 3.37. The normalized spacial score (nSPS) is 10.1. The van der Waals surface area contributed by atoms with E-state index in [2.05, 4.69) is 10.3 Å². The number of pyridine rings is 1. The first kappa shape index (κ1) is 17.6. The molecule has 24 heavy (non-hydrogen) atoms. The van der Waals surface area contributed by atoms with Gasteiger partial charge in [-0.2, -0.15) is 0 Å². The van der Waals surface area contributed by atoms with E-state index in [0.29, 0.717) is 31.1 Å². The van der Waals surface area contributed by atoms with Crippen LogP contribution in [0.15, 0.2) is 42.6 Å². The third kappa shape index (κ3) is 4.38. The number of anilines is 1. The highest BCUT2D eigenvalue weighted by Crippen LogP contribution is 2.19. The Morgan fingerprint density at radius 1 is 1.25 bits per heavy atom. The van der Waals surface area contributed by atoms with Crippen molar-refractivity contribution >= 4 is 11.7 Å². The van der Waals surface area contributed by atoms with Crippen LogP contribution in [0.3, 0.4) is 0 Å². The molecule has 6 heteroatoms. The smallest absolute Gasteiger partial charge is 0.257 e. The zero-order valence-electron chi connectivity index (χ0n) is 14.3. The number of nitrogens with one attached hydrogen (secondary N) is 1. The summed E-state index contributed by atoms with van der Waals surface area (Å²) in [6, 6.07) is 10.9. The second kappa shape index (κ2) is 8.76. The minimum atomic E-state index is -0.0656. The van der Waals surface area contributed by atoms with Gasteiger partial charge in [-0.1, -0.05) is 6.07 Å². The monoisotopic (exact) mass is 329 g/mol. The molecule has 1 aromatic carbocycles. The van der Waals surface area contributed by atoms with Crippen LogP contribution in [0.25, 0.3) is 0 Å². The molecule has 2 aromatic rings. The molecule has 0 bridgehead atoms. The van der Waals surface area contributed by atoms with Crippen molar-refractivity contribution in [1.82, 2.24) is 9.88 Å². The lowest BCUT2D eigenvalue weighted by Crippen LogP contribution is -2.35. The number of rotatable bonds is 8. The average molecular weight is 329 g/mol. The van der Waals surface area contributed by atoms with E-state index in [1.807, 2.05) is 31.2 Å². The fourth-order valence-electron chi connectivity index (χ4n) is 2.32. The lowest BCUT2D eigenvalue weighted by Gasteiger charge is -2.22. The van der Waals surface area contributed by atoms with E-state index in [0.717, 1.165) is 11.5 Å². The van der Waals surface area contributed by atoms with Crippen molar-refractivity contribution in [2.45, 2.75) is 6.92 Å². The molecule has 0 spiro atoms. The maximum Gasteiger partial charge on any atom is 0.257 e. The molecule has 0 aliphatic rings. The van der Waals surface area contributed by atoms with E-state index in [4.69, 9.17) is 9.47 Å². The Morgan fingerprint density at radius 3 is 2.75 bits per heavy atom. The van der Waals surface area contributed by atoms with Crippen molar-refractivity contribution in [3.05, 3.63) is 48.2 Å². The molecular formula is C18H23N3O3. The van der Waals surface area contributed by atoms with Gasteiger partial charge in [-0.05, 0) is 31.2 Å². The summed E-state index contributed by atoms with van der Waals surface area (Å²) >= 11 is 0. The van der Waals surface area contributed by atoms with Crippen LogP contribution < -0.4 is 14.8 Å². The summed E-state index contributed by atoms with van der Waals surface area (Å²) in [6.07, 6.45) is 1.66. The number of carbonyl (C=O) groups is 1. The summed E-state index contributed by atoms with van der Waals surface area (Å²) in [6.45, 7) is 3.43. The number of ether oxygens (including phenoxy) is 2. The van der Waals surface area contributed by atoms with Crippen molar-refractivity contribution in [3.63, 3.8) is 0 Å². The quantitative estimate of drug-likeness (QED) is 0.807. The molecule has 1 amide bonds. The summed E-state index contributed by atoms with van der Waals surface area (Å²) in [4.78, 5) is 18.6. The highest BCUT2D eigenvalue weighted by atomic mass is 16.5. The molecule has 0 saturated carbocycles. The van der Waals surface area contributed by atoms with E-state index in [1.165, 1.54) is 0 Å². The number of hydrogen-bond donors (Lipinski definition) is 1. The molecule has 0 atom stereocenters. The van der Waals surface area contributed by atoms with E-state index >= 15 is 0 Å². The predicted octanol–water partition coefficient (Wildman–Crippen LogP) is 2.67. The van der Waals surface area contributed by atoms with Crippen LogP contribution in [0.5, 0.6) is 11.5 Å². The molecule has 1 aromatic heterocycles. The van der Waals surface area contributed by atoms with Gasteiger partial charge in [0.2, 0.25) is 0 Å². The molecule has 2 rings (SSSR count). The van der Waals surface area contributed by atoms with Crippen molar-refractivity contribution in [2.24, 2.45) is 0 Å². The number of methoxy groups -OCH3 is 1. The minimum absolute atomic E-state index is 0.0656. The average Bonchev–Trinajstić information content (AvgIpc) is 2.64. The summed E-state index contributed by atoms with van der Waals surface area (Å²) in [5.41, 5.74) is 0.559. The standard InChI is InChI=1S/C18H23N3O3/c1-4-21(18(22)16-9-6-10-20-17(16)19-2)11-12-24-15-8-5-7-14(13-15)23-3/h5-10,13H,4,11-12H2,1-3H3,(H,19,20). The fraction of sp³-hybridized carbons (Fsp3) is 0.333. The number of aromatic nitrogens is 1. The molecule has 0 saturated heterocycles. The van der Waals surface area contributed by atoms with Gasteiger partial charge < -0.3 is 19.7 Å². The Labute approximate surface area is 142 Å². The van der Waals surface area contributed by atoms with Gasteiger partial charge in [0.15, 0.2) is 0 Å². The molecular weight excluding hydrogens is 306 g/mol. The number of benzene rings is 1. The third-order valence-electron chi connectivity index (χ3n) is 3.61. The van der Waals surface area contributed by atoms with Crippen LogP contribution in [0.4, 0.5) is 5.82 Å². The van der Waals surface area contributed by atoms with Gasteiger partial charge in [0.1, 0.15) is 23.9 Å². The number of hydrogen-bond acceptors (Lipinski definition) is 5. The second-order valence-electron chi connectivity index (χ2n) is 5.06. The molecule has 1 heterocycles. The van der Waals surface area contributed by atoms with Crippen molar-refractivity contribution in [3.8, 4) is 11.5 Å². The lowest BCUT2D eigenvalue weighted by atomic mass is 10.2. The van der Waals surface area contributed by atoms with E-state index in [-0.39, 0.29) is 5.91 Å². The van der Waals surface area contributed by atoms with Crippen LogP contribution in [0.1, 0.15) is 17.3 Å². The number of amides is 1. The predicted molar refractivity (Wildman–Crippen MR) is 93.9 cm³/mol. The first-order chi connectivity index (χ1) is 11.7. The van der Waals surface area contributed by atoms with Crippen molar-refractivity contribution < 1.29 is 14.3 Å². The molecule has 0 unspecified atom stereocenters. The molecule has 0 fully saturated rings. The van der Waals surface area contributed by atoms with Crippen molar-refractivity contribution in [2.75, 3.05) is 39.2 Å². The molecule has 1 N–H and O–H groups in total. The van der Waals surface area contributed by atoms with Crippen molar-refractivity contribution in [1.29, 1.82) is 0 Å². The first-order valence-corrected chi connectivity index (χ1v) is 7.88. The van der Waals surface area contributed by atoms with Gasteiger partial charge in [-0.15, -0.1) is 0 Å². The van der Waals surface area contributed by atoms with Crippen LogP contribution in [0, 0.1) is 0 Å². The summed E-state index contributed by atoms with van der Waals surface area (Å²) in [5, 5.41) is 2.95. The van der Waals surface area contributed by atoms with Gasteiger partial charge in [-0.3, -0.25) is 4.79 Å². The summed E-state index contributed by atoms with van der Waals surface area (Å²) in [5.74, 6) is 1.97. The third-order valence-corrected chi connectivity index (χ3v) is 3.61. The van der Waals surface area contributed by atoms with Crippen LogP contribution in [0.2, 0.25) is 0 Å². The number of likely N-dealkylation sites (N-methyl/N-ethyl adjacent to an activating group) is 1. The highest BCUT2D eigenvalue weighted by Gasteiger charge is 2.17. The lowest BCUT2D eigenvalue weighted by molar-refractivity contribution is 0.0740.